The number of nitrogens with one attached hydrogen (secondary N) is 1. The Morgan fingerprint density at radius 2 is 1.65 bits per heavy atom. The van der Waals surface area contributed by atoms with E-state index in [1.54, 1.807) is 11.8 Å². The molecule has 1 saturated heterocycles. The summed E-state index contributed by atoms with van der Waals surface area (Å²) in [5, 5.41) is 11.8. The molecular weight excluding hydrogens is 396 g/mol. The summed E-state index contributed by atoms with van der Waals surface area (Å²) < 4.78 is 5.47. The van der Waals surface area contributed by atoms with Crippen LogP contribution in [-0.4, -0.2) is 54.2 Å². The Bertz CT molecular complexity index is 967. The van der Waals surface area contributed by atoms with Crippen molar-refractivity contribution in [2.45, 2.75) is 25.7 Å². The van der Waals surface area contributed by atoms with Gasteiger partial charge in [0.1, 0.15) is 6.61 Å². The number of carbonyl (C=O) groups is 3. The van der Waals surface area contributed by atoms with Gasteiger partial charge in [0, 0.05) is 32.0 Å². The van der Waals surface area contributed by atoms with E-state index in [-0.39, 0.29) is 37.9 Å². The molecule has 0 radical (unpaired) electrons. The number of rotatable bonds is 7. The zero-order valence-electron chi connectivity index (χ0n) is 17.5. The predicted octanol–water partition coefficient (Wildman–Crippen LogP) is 3.24. The second-order valence-corrected chi connectivity index (χ2v) is 8.47. The van der Waals surface area contributed by atoms with Gasteiger partial charge in [0.05, 0.1) is 5.41 Å². The third-order valence-electron chi connectivity index (χ3n) is 6.13. The van der Waals surface area contributed by atoms with E-state index in [9.17, 15) is 14.4 Å². The topological polar surface area (TPSA) is 95.9 Å². The van der Waals surface area contributed by atoms with Gasteiger partial charge in [0.25, 0.3) is 0 Å². The molecule has 0 bridgehead atoms. The number of carbonyl (C=O) groups excluding carboxylic acids is 2. The molecule has 7 nitrogen and oxygen atoms in total. The maximum absolute atomic E-state index is 12.1. The number of fused-ring (bicyclic) bond motifs is 3. The lowest BCUT2D eigenvalue weighted by Gasteiger charge is -2.44. The lowest BCUT2D eigenvalue weighted by molar-refractivity contribution is -0.163. The molecule has 2 N–H and O–H groups in total. The summed E-state index contributed by atoms with van der Waals surface area (Å²) in [4.78, 5) is 36.9. The molecule has 2 amide bonds. The lowest BCUT2D eigenvalue weighted by Crippen LogP contribution is -2.60. The van der Waals surface area contributed by atoms with Gasteiger partial charge in [-0.3, -0.25) is 9.59 Å². The Morgan fingerprint density at radius 3 is 2.23 bits per heavy atom. The molecule has 0 unspecified atom stereocenters. The first-order valence-corrected chi connectivity index (χ1v) is 10.5. The van der Waals surface area contributed by atoms with Crippen LogP contribution in [0, 0.1) is 5.41 Å². The Hall–Kier alpha value is -3.35. The van der Waals surface area contributed by atoms with Crippen LogP contribution < -0.4 is 5.32 Å². The van der Waals surface area contributed by atoms with Crippen molar-refractivity contribution < 1.29 is 24.2 Å². The van der Waals surface area contributed by atoms with Gasteiger partial charge in [-0.25, -0.2) is 4.79 Å². The fourth-order valence-corrected chi connectivity index (χ4v) is 4.35. The predicted molar refractivity (Wildman–Crippen MR) is 115 cm³/mol. The number of carboxylic acids is 1. The second kappa shape index (κ2) is 8.41. The average Bonchev–Trinajstić information content (AvgIpc) is 3.06. The van der Waals surface area contributed by atoms with E-state index in [2.05, 4.69) is 29.6 Å². The molecule has 2 aromatic carbocycles. The van der Waals surface area contributed by atoms with Crippen molar-refractivity contribution in [2.75, 3.05) is 26.2 Å². The largest absolute Gasteiger partial charge is 0.481 e. The second-order valence-electron chi connectivity index (χ2n) is 8.47. The third kappa shape index (κ3) is 4.13. The van der Waals surface area contributed by atoms with E-state index in [1.165, 1.54) is 11.1 Å². The van der Waals surface area contributed by atoms with Crippen LogP contribution in [-0.2, 0) is 14.3 Å². The summed E-state index contributed by atoms with van der Waals surface area (Å²) >= 11 is 0. The molecule has 31 heavy (non-hydrogen) atoms. The summed E-state index contributed by atoms with van der Waals surface area (Å²) in [5.74, 6) is -0.962. The SMILES string of the molecule is CC1(C(=O)O)CN(C(=O)CCCNC(=O)OCC2c3ccccc3-c3ccccc32)C1. The monoisotopic (exact) mass is 422 g/mol. The van der Waals surface area contributed by atoms with Crippen LogP contribution in [0.25, 0.3) is 11.1 Å². The number of carboxylic acid groups (broad SMARTS) is 1. The van der Waals surface area contributed by atoms with E-state index in [1.807, 2.05) is 24.3 Å². The van der Waals surface area contributed by atoms with Crippen molar-refractivity contribution in [3.63, 3.8) is 0 Å². The Balaban J connectivity index is 1.20. The summed E-state index contributed by atoms with van der Waals surface area (Å²) in [7, 11) is 0. The van der Waals surface area contributed by atoms with Crippen LogP contribution >= 0.6 is 0 Å². The third-order valence-corrected chi connectivity index (χ3v) is 6.13. The van der Waals surface area contributed by atoms with Crippen LogP contribution in [0.2, 0.25) is 0 Å². The van der Waals surface area contributed by atoms with E-state index < -0.39 is 17.5 Å². The van der Waals surface area contributed by atoms with E-state index in [0.717, 1.165) is 11.1 Å². The molecule has 1 aliphatic carbocycles. The average molecular weight is 422 g/mol. The van der Waals surface area contributed by atoms with Crippen LogP contribution in [0.5, 0.6) is 0 Å². The first-order chi connectivity index (χ1) is 14.9. The van der Waals surface area contributed by atoms with Crippen molar-refractivity contribution >= 4 is 18.0 Å². The summed E-state index contributed by atoms with van der Waals surface area (Å²) in [6.45, 7) is 2.69. The molecule has 2 aromatic rings. The van der Waals surface area contributed by atoms with Gasteiger partial charge in [-0.15, -0.1) is 0 Å². The number of hydrogen-bond donors (Lipinski definition) is 2. The molecule has 0 saturated carbocycles. The Morgan fingerprint density at radius 1 is 1.06 bits per heavy atom. The number of amides is 2. The number of likely N-dealkylation sites (tertiary alicyclic amines) is 1. The van der Waals surface area contributed by atoms with Crippen LogP contribution in [0.3, 0.4) is 0 Å². The zero-order chi connectivity index (χ0) is 22.0. The van der Waals surface area contributed by atoms with Crippen LogP contribution in [0.4, 0.5) is 4.79 Å². The highest BCUT2D eigenvalue weighted by molar-refractivity contribution is 5.83. The quantitative estimate of drug-likeness (QED) is 0.668. The van der Waals surface area contributed by atoms with Gasteiger partial charge in [0.15, 0.2) is 0 Å². The van der Waals surface area contributed by atoms with E-state index in [0.29, 0.717) is 13.0 Å². The standard InChI is InChI=1S/C24H26N2O5/c1-24(22(28)29)14-26(15-24)21(27)11-6-12-25-23(30)31-13-20-18-9-4-2-7-16(18)17-8-3-5-10-19(17)20/h2-5,7-10,20H,6,11-15H2,1H3,(H,25,30)(H,28,29). The molecule has 2 aliphatic rings. The Kier molecular flexibility index (Phi) is 5.67. The van der Waals surface area contributed by atoms with Gasteiger partial charge in [-0.2, -0.15) is 0 Å². The molecule has 7 heteroatoms. The molecule has 162 valence electrons. The van der Waals surface area contributed by atoms with Crippen LogP contribution in [0.1, 0.15) is 36.8 Å². The van der Waals surface area contributed by atoms with Crippen molar-refractivity contribution in [1.82, 2.24) is 10.2 Å². The summed E-state index contributed by atoms with van der Waals surface area (Å²) in [6.07, 6.45) is 0.236. The smallest absolute Gasteiger partial charge is 0.407 e. The number of alkyl carbamates (subject to hydrolysis) is 1. The normalized spacial score (nSPS) is 16.1. The Labute approximate surface area is 181 Å². The highest BCUT2D eigenvalue weighted by Crippen LogP contribution is 2.44. The summed E-state index contributed by atoms with van der Waals surface area (Å²) in [5.41, 5.74) is 3.83. The van der Waals surface area contributed by atoms with E-state index >= 15 is 0 Å². The highest BCUT2D eigenvalue weighted by Gasteiger charge is 2.47. The first-order valence-electron chi connectivity index (χ1n) is 10.5. The molecule has 1 fully saturated rings. The minimum atomic E-state index is -0.881. The molecule has 1 heterocycles. The first kappa shape index (κ1) is 20.9. The van der Waals surface area contributed by atoms with Crippen molar-refractivity contribution in [3.8, 4) is 11.1 Å². The number of aliphatic carboxylic acids is 1. The van der Waals surface area contributed by atoms with Gasteiger partial charge < -0.3 is 20.1 Å². The molecule has 0 spiro atoms. The fraction of sp³-hybridized carbons (Fsp3) is 0.375. The molecule has 0 atom stereocenters. The van der Waals surface area contributed by atoms with Gasteiger partial charge in [-0.05, 0) is 35.6 Å². The maximum atomic E-state index is 12.1. The number of benzene rings is 2. The van der Waals surface area contributed by atoms with Gasteiger partial charge in [-0.1, -0.05) is 48.5 Å². The molecule has 0 aromatic heterocycles. The van der Waals surface area contributed by atoms with Crippen LogP contribution in [0.15, 0.2) is 48.5 Å². The maximum Gasteiger partial charge on any atom is 0.407 e. The van der Waals surface area contributed by atoms with Crippen molar-refractivity contribution in [2.24, 2.45) is 5.41 Å². The van der Waals surface area contributed by atoms with Gasteiger partial charge >= 0.3 is 12.1 Å². The minimum absolute atomic E-state index is 0.00897. The van der Waals surface area contributed by atoms with Crippen molar-refractivity contribution in [1.29, 1.82) is 0 Å². The fourth-order valence-electron chi connectivity index (χ4n) is 4.35. The number of hydrogen-bond acceptors (Lipinski definition) is 4. The van der Waals surface area contributed by atoms with E-state index in [4.69, 9.17) is 9.84 Å². The van der Waals surface area contributed by atoms with Crippen molar-refractivity contribution in [3.05, 3.63) is 59.7 Å². The summed E-state index contributed by atoms with van der Waals surface area (Å²) in [6, 6.07) is 16.3. The van der Waals surface area contributed by atoms with Gasteiger partial charge in [0.2, 0.25) is 5.91 Å². The lowest BCUT2D eigenvalue weighted by atomic mass is 9.82. The molecule has 1 aliphatic heterocycles. The number of ether oxygens (including phenoxy) is 1. The highest BCUT2D eigenvalue weighted by atomic mass is 16.5. The molecular formula is C24H26N2O5. The minimum Gasteiger partial charge on any atom is -0.481 e. The zero-order valence-corrected chi connectivity index (χ0v) is 17.5. The number of nitrogens with zero attached hydrogens (tertiary/aromatic N) is 1. The molecule has 4 rings (SSSR count).